The summed E-state index contributed by atoms with van der Waals surface area (Å²) in [5.74, 6) is -0.801. The highest BCUT2D eigenvalue weighted by atomic mass is 35.5. The molecule has 3 rings (SSSR count). The molecule has 0 aliphatic rings. The van der Waals surface area contributed by atoms with Crippen molar-refractivity contribution in [3.63, 3.8) is 0 Å². The van der Waals surface area contributed by atoms with Crippen molar-refractivity contribution in [2.24, 2.45) is 5.10 Å². The number of carbonyl (C=O) groups excluding carboxylic acids is 2. The van der Waals surface area contributed by atoms with Crippen LogP contribution in [0.3, 0.4) is 0 Å². The molecule has 9 nitrogen and oxygen atoms in total. The quantitative estimate of drug-likeness (QED) is 0.156. The van der Waals surface area contributed by atoms with E-state index in [2.05, 4.69) is 10.5 Å². The van der Waals surface area contributed by atoms with E-state index in [4.69, 9.17) is 32.7 Å². The molecule has 0 heterocycles. The molecule has 0 saturated carbocycles. The molecule has 0 bridgehead atoms. The highest BCUT2D eigenvalue weighted by Gasteiger charge is 2.17. The normalized spacial score (nSPS) is 10.7. The molecule has 3 aromatic carbocycles. The van der Waals surface area contributed by atoms with Crippen molar-refractivity contribution < 1.29 is 24.0 Å². The van der Waals surface area contributed by atoms with Crippen LogP contribution in [0.15, 0.2) is 59.7 Å². The molecule has 1 amide bonds. The van der Waals surface area contributed by atoms with Crippen LogP contribution < -0.4 is 14.9 Å². The van der Waals surface area contributed by atoms with Crippen molar-refractivity contribution in [2.75, 3.05) is 7.11 Å². The number of methoxy groups -OCH3 is 1. The van der Waals surface area contributed by atoms with Crippen LogP contribution in [0.1, 0.15) is 31.8 Å². The fourth-order valence-corrected chi connectivity index (χ4v) is 3.16. The van der Waals surface area contributed by atoms with Gasteiger partial charge in [0.1, 0.15) is 0 Å². The van der Waals surface area contributed by atoms with Gasteiger partial charge in [0.25, 0.3) is 11.6 Å². The number of nitro benzene ring substituents is 1. The molecule has 0 atom stereocenters. The average Bonchev–Trinajstić information content (AvgIpc) is 2.81. The first-order chi connectivity index (χ1) is 16.2. The third kappa shape index (κ3) is 5.89. The van der Waals surface area contributed by atoms with Crippen LogP contribution in [0.4, 0.5) is 5.69 Å². The van der Waals surface area contributed by atoms with Gasteiger partial charge < -0.3 is 9.47 Å². The van der Waals surface area contributed by atoms with Crippen molar-refractivity contribution in [1.82, 2.24) is 5.43 Å². The molecule has 0 aliphatic carbocycles. The van der Waals surface area contributed by atoms with Gasteiger partial charge in [0, 0.05) is 17.2 Å². The number of halogens is 2. The Balaban J connectivity index is 1.69. The van der Waals surface area contributed by atoms with Crippen LogP contribution in [0.25, 0.3) is 0 Å². The lowest BCUT2D eigenvalue weighted by atomic mass is 10.1. The van der Waals surface area contributed by atoms with Gasteiger partial charge in [-0.2, -0.15) is 5.10 Å². The van der Waals surface area contributed by atoms with Gasteiger partial charge in [-0.1, -0.05) is 23.2 Å². The molecule has 34 heavy (non-hydrogen) atoms. The lowest BCUT2D eigenvalue weighted by Gasteiger charge is -2.10. The summed E-state index contributed by atoms with van der Waals surface area (Å²) in [7, 11) is 1.40. The Morgan fingerprint density at radius 2 is 1.74 bits per heavy atom. The number of hydrogen-bond acceptors (Lipinski definition) is 7. The smallest absolute Gasteiger partial charge is 0.343 e. The number of rotatable bonds is 7. The van der Waals surface area contributed by atoms with Crippen molar-refractivity contribution >= 4 is 47.0 Å². The first-order valence-electron chi connectivity index (χ1n) is 9.63. The lowest BCUT2D eigenvalue weighted by Crippen LogP contribution is -2.17. The Hall–Kier alpha value is -3.95. The van der Waals surface area contributed by atoms with Gasteiger partial charge in [-0.3, -0.25) is 14.9 Å². The van der Waals surface area contributed by atoms with Crippen LogP contribution in [0.2, 0.25) is 10.0 Å². The fourth-order valence-electron chi connectivity index (χ4n) is 2.86. The molecule has 11 heteroatoms. The van der Waals surface area contributed by atoms with E-state index in [0.717, 1.165) is 0 Å². The number of hydrazone groups is 1. The molecule has 0 saturated heterocycles. The Morgan fingerprint density at radius 3 is 2.38 bits per heavy atom. The highest BCUT2D eigenvalue weighted by Crippen LogP contribution is 2.29. The molecule has 0 spiro atoms. The van der Waals surface area contributed by atoms with Crippen molar-refractivity contribution in [3.05, 3.63) is 97.0 Å². The summed E-state index contributed by atoms with van der Waals surface area (Å²) in [5, 5.41) is 15.4. The third-order valence-electron chi connectivity index (χ3n) is 4.58. The predicted molar refractivity (Wildman–Crippen MR) is 127 cm³/mol. The van der Waals surface area contributed by atoms with Gasteiger partial charge in [0.05, 0.1) is 33.9 Å². The summed E-state index contributed by atoms with van der Waals surface area (Å²) in [4.78, 5) is 35.1. The van der Waals surface area contributed by atoms with Crippen LogP contribution in [0.5, 0.6) is 11.5 Å². The third-order valence-corrected chi connectivity index (χ3v) is 5.32. The first kappa shape index (κ1) is 24.7. The molecule has 0 radical (unpaired) electrons. The largest absolute Gasteiger partial charge is 0.493 e. The average molecular weight is 502 g/mol. The number of ether oxygens (including phenoxy) is 2. The van der Waals surface area contributed by atoms with Crippen LogP contribution in [0, 0.1) is 17.0 Å². The Labute approximate surface area is 204 Å². The van der Waals surface area contributed by atoms with Crippen molar-refractivity contribution in [1.29, 1.82) is 0 Å². The summed E-state index contributed by atoms with van der Waals surface area (Å²) in [6.07, 6.45) is 1.38. The summed E-state index contributed by atoms with van der Waals surface area (Å²) < 4.78 is 10.7. The summed E-state index contributed by atoms with van der Waals surface area (Å²) in [5.41, 5.74) is 3.60. The molecular weight excluding hydrogens is 485 g/mol. The van der Waals surface area contributed by atoms with E-state index in [0.29, 0.717) is 16.1 Å². The maximum atomic E-state index is 12.5. The number of nitrogens with zero attached hydrogens (tertiary/aromatic N) is 2. The Morgan fingerprint density at radius 1 is 1.00 bits per heavy atom. The molecule has 0 unspecified atom stereocenters. The number of aryl methyl sites for hydroxylation is 1. The second-order valence-electron chi connectivity index (χ2n) is 6.89. The molecule has 174 valence electrons. The van der Waals surface area contributed by atoms with E-state index in [1.807, 2.05) is 0 Å². The van der Waals surface area contributed by atoms with E-state index < -0.39 is 16.8 Å². The second-order valence-corrected chi connectivity index (χ2v) is 7.70. The molecule has 1 N–H and O–H groups in total. The number of hydrogen-bond donors (Lipinski definition) is 1. The number of nitro groups is 1. The van der Waals surface area contributed by atoms with Crippen LogP contribution in [-0.4, -0.2) is 30.1 Å². The predicted octanol–water partition coefficient (Wildman–Crippen LogP) is 5.20. The van der Waals surface area contributed by atoms with Gasteiger partial charge in [-0.25, -0.2) is 10.2 Å². The number of amides is 1. The van der Waals surface area contributed by atoms with Gasteiger partial charge in [0.15, 0.2) is 11.5 Å². The molecule has 0 aliphatic heterocycles. The van der Waals surface area contributed by atoms with E-state index >= 15 is 0 Å². The van der Waals surface area contributed by atoms with Gasteiger partial charge in [-0.15, -0.1) is 0 Å². The van der Waals surface area contributed by atoms with Crippen molar-refractivity contribution in [2.45, 2.75) is 6.92 Å². The van der Waals surface area contributed by atoms with Gasteiger partial charge >= 0.3 is 5.97 Å². The topological polar surface area (TPSA) is 120 Å². The minimum Gasteiger partial charge on any atom is -0.493 e. The van der Waals surface area contributed by atoms with E-state index in [1.54, 1.807) is 12.1 Å². The molecule has 0 fully saturated rings. The zero-order valence-electron chi connectivity index (χ0n) is 17.9. The first-order valence-corrected chi connectivity index (χ1v) is 10.4. The fraction of sp³-hybridized carbons (Fsp3) is 0.0870. The maximum absolute atomic E-state index is 12.5. The number of nitrogens with one attached hydrogen (secondary N) is 1. The standard InChI is InChI=1S/C23H17Cl2N3O6/c1-13-9-16(5-7-19(13)28(31)32)23(30)34-20-8-3-14(10-21(20)33-2)12-26-27-22(29)15-4-6-17(24)18(25)11-15/h3-12H,1-2H3,(H,27,29)/b26-12-. The Bertz CT molecular complexity index is 1310. The number of benzene rings is 3. The second kappa shape index (κ2) is 10.8. The molecule has 0 aromatic heterocycles. The number of carbonyl (C=O) groups is 2. The SMILES string of the molecule is COc1cc(/C=N\NC(=O)c2ccc(Cl)c(Cl)c2)ccc1OC(=O)c1ccc([N+](=O)[O-])c(C)c1. The monoisotopic (exact) mass is 501 g/mol. The minimum absolute atomic E-state index is 0.0935. The van der Waals surface area contributed by atoms with Crippen molar-refractivity contribution in [3.8, 4) is 11.5 Å². The van der Waals surface area contributed by atoms with Crippen LogP contribution in [-0.2, 0) is 0 Å². The van der Waals surface area contributed by atoms with Gasteiger partial charge in [-0.05, 0) is 61.0 Å². The lowest BCUT2D eigenvalue weighted by molar-refractivity contribution is -0.385. The molecule has 3 aromatic rings. The van der Waals surface area contributed by atoms with Gasteiger partial charge in [0.2, 0.25) is 0 Å². The summed E-state index contributed by atoms with van der Waals surface area (Å²) in [6, 6.07) is 13.0. The number of esters is 1. The van der Waals surface area contributed by atoms with E-state index in [9.17, 15) is 19.7 Å². The summed E-state index contributed by atoms with van der Waals surface area (Å²) >= 11 is 11.8. The minimum atomic E-state index is -0.702. The zero-order valence-corrected chi connectivity index (χ0v) is 19.4. The zero-order chi connectivity index (χ0) is 24.8. The van der Waals surface area contributed by atoms with E-state index in [-0.39, 0.29) is 33.3 Å². The van der Waals surface area contributed by atoms with Crippen LogP contribution >= 0.6 is 23.2 Å². The van der Waals surface area contributed by atoms with E-state index in [1.165, 1.54) is 62.7 Å². The summed E-state index contributed by atoms with van der Waals surface area (Å²) in [6.45, 7) is 1.53. The maximum Gasteiger partial charge on any atom is 0.343 e. The highest BCUT2D eigenvalue weighted by molar-refractivity contribution is 6.42. The Kier molecular flexibility index (Phi) is 7.83. The molecular formula is C23H17Cl2N3O6.